The van der Waals surface area contributed by atoms with E-state index < -0.39 is 6.61 Å². The number of fused-ring (bicyclic) bond motifs is 4. The number of hydrogen-bond acceptors (Lipinski definition) is 7. The summed E-state index contributed by atoms with van der Waals surface area (Å²) in [6.07, 6.45) is 0. The van der Waals surface area contributed by atoms with Gasteiger partial charge in [0.15, 0.2) is 10.8 Å². The highest BCUT2D eigenvalue weighted by molar-refractivity contribution is 7.98. The first-order valence-electron chi connectivity index (χ1n) is 8.86. The Morgan fingerprint density at radius 1 is 1.13 bits per heavy atom. The lowest BCUT2D eigenvalue weighted by molar-refractivity contribution is -0.0497. The van der Waals surface area contributed by atoms with Gasteiger partial charge in [-0.3, -0.25) is 0 Å². The van der Waals surface area contributed by atoms with Crippen molar-refractivity contribution < 1.29 is 18.3 Å². The Morgan fingerprint density at radius 2 is 2.00 bits per heavy atom. The summed E-state index contributed by atoms with van der Waals surface area (Å²) >= 11 is 1.46. The van der Waals surface area contributed by atoms with E-state index in [2.05, 4.69) is 30.2 Å². The van der Waals surface area contributed by atoms with E-state index in [1.165, 1.54) is 23.9 Å². The van der Waals surface area contributed by atoms with Crippen LogP contribution in [0.5, 0.6) is 11.5 Å². The van der Waals surface area contributed by atoms with Gasteiger partial charge in [-0.1, -0.05) is 11.8 Å². The predicted molar refractivity (Wildman–Crippen MR) is 107 cm³/mol. The fourth-order valence-electron chi connectivity index (χ4n) is 3.22. The number of alkyl halides is 2. The molecule has 0 aliphatic carbocycles. The third-order valence-electron chi connectivity index (χ3n) is 4.57. The number of H-pyrrole nitrogens is 1. The molecule has 0 radical (unpaired) electrons. The van der Waals surface area contributed by atoms with E-state index in [0.717, 1.165) is 22.2 Å². The maximum atomic E-state index is 12.4. The van der Waals surface area contributed by atoms with Crippen LogP contribution < -0.4 is 9.47 Å². The second-order valence-corrected chi connectivity index (χ2v) is 7.36. The number of hydrogen-bond donors (Lipinski definition) is 1. The van der Waals surface area contributed by atoms with Crippen LogP contribution in [0.3, 0.4) is 0 Å². The highest BCUT2D eigenvalue weighted by Crippen LogP contribution is 2.29. The Labute approximate surface area is 172 Å². The Bertz CT molecular complexity index is 1370. The monoisotopic (exact) mass is 428 g/mol. The van der Waals surface area contributed by atoms with Crippen molar-refractivity contribution in [3.05, 3.63) is 48.0 Å². The Balaban J connectivity index is 1.45. The van der Waals surface area contributed by atoms with Crippen LogP contribution in [-0.2, 0) is 5.75 Å². The summed E-state index contributed by atoms with van der Waals surface area (Å²) in [4.78, 5) is 7.62. The molecule has 5 aromatic rings. The van der Waals surface area contributed by atoms with Crippen molar-refractivity contribution in [2.75, 3.05) is 7.11 Å². The minimum atomic E-state index is -2.87. The topological polar surface area (TPSA) is 90.2 Å². The van der Waals surface area contributed by atoms with Crippen molar-refractivity contribution in [1.29, 1.82) is 0 Å². The minimum absolute atomic E-state index is 0.0823. The van der Waals surface area contributed by atoms with Crippen LogP contribution in [0, 0.1) is 0 Å². The summed E-state index contributed by atoms with van der Waals surface area (Å²) in [5, 5.41) is 13.7. The van der Waals surface area contributed by atoms with Crippen molar-refractivity contribution in [2.24, 2.45) is 0 Å². The van der Waals surface area contributed by atoms with Crippen LogP contribution in [0.4, 0.5) is 8.78 Å². The number of pyridine rings is 1. The molecule has 0 spiro atoms. The van der Waals surface area contributed by atoms with Crippen molar-refractivity contribution in [3.63, 3.8) is 0 Å². The number of tetrazole rings is 1. The van der Waals surface area contributed by atoms with Gasteiger partial charge in [0, 0.05) is 28.8 Å². The molecule has 0 aliphatic rings. The van der Waals surface area contributed by atoms with Crippen LogP contribution in [-0.4, -0.2) is 43.7 Å². The second kappa shape index (κ2) is 7.41. The molecule has 0 saturated carbocycles. The normalized spacial score (nSPS) is 11.7. The molecule has 2 aromatic carbocycles. The number of benzene rings is 2. The zero-order valence-corrected chi connectivity index (χ0v) is 16.4. The van der Waals surface area contributed by atoms with E-state index >= 15 is 0 Å². The SMILES string of the molecule is COc1ccc2cc(CSc3nc4ccc(OC(F)F)cc4[nH]3)c3nnnn3c2c1. The van der Waals surface area contributed by atoms with Gasteiger partial charge in [0.2, 0.25) is 0 Å². The predicted octanol–water partition coefficient (Wildman–Crippen LogP) is 4.06. The summed E-state index contributed by atoms with van der Waals surface area (Å²) in [6, 6.07) is 12.4. The zero-order chi connectivity index (χ0) is 20.7. The van der Waals surface area contributed by atoms with Gasteiger partial charge >= 0.3 is 6.61 Å². The van der Waals surface area contributed by atoms with Gasteiger partial charge in [-0.15, -0.1) is 5.10 Å². The molecular formula is C19H14F2N6O2S. The Hall–Kier alpha value is -3.47. The lowest BCUT2D eigenvalue weighted by atomic mass is 10.1. The highest BCUT2D eigenvalue weighted by Gasteiger charge is 2.13. The number of aromatic nitrogens is 6. The number of aromatic amines is 1. The Kier molecular flexibility index (Phi) is 4.58. The molecule has 0 fully saturated rings. The molecule has 0 bridgehead atoms. The first-order valence-corrected chi connectivity index (χ1v) is 9.84. The first-order chi connectivity index (χ1) is 14.6. The third-order valence-corrected chi connectivity index (χ3v) is 5.50. The number of imidazole rings is 1. The zero-order valence-electron chi connectivity index (χ0n) is 15.5. The number of nitrogens with one attached hydrogen (secondary N) is 1. The standard InChI is InChI=1S/C19H14F2N6O2S/c1-28-12-3-2-10-6-11(17-24-25-26-27(17)16(10)8-12)9-30-19-22-14-5-4-13(29-18(20)21)7-15(14)23-19/h2-8,18H,9H2,1H3,(H,22,23). The van der Waals surface area contributed by atoms with E-state index in [9.17, 15) is 8.78 Å². The van der Waals surface area contributed by atoms with Gasteiger partial charge in [0.05, 0.1) is 23.7 Å². The van der Waals surface area contributed by atoms with Gasteiger partial charge in [-0.05, 0) is 40.8 Å². The van der Waals surface area contributed by atoms with Gasteiger partial charge in [-0.25, -0.2) is 4.98 Å². The van der Waals surface area contributed by atoms with Crippen molar-refractivity contribution >= 4 is 39.3 Å². The number of nitrogens with zero attached hydrogens (tertiary/aromatic N) is 5. The second-order valence-electron chi connectivity index (χ2n) is 6.40. The number of halogens is 2. The van der Waals surface area contributed by atoms with Crippen LogP contribution in [0.25, 0.3) is 27.6 Å². The molecule has 30 heavy (non-hydrogen) atoms. The number of thioether (sulfide) groups is 1. The molecule has 0 amide bonds. The van der Waals surface area contributed by atoms with Crippen LogP contribution >= 0.6 is 11.8 Å². The molecule has 152 valence electrons. The largest absolute Gasteiger partial charge is 0.497 e. The molecule has 8 nitrogen and oxygen atoms in total. The average molecular weight is 428 g/mol. The fraction of sp³-hybridized carbons (Fsp3) is 0.158. The van der Waals surface area contributed by atoms with Gasteiger partial charge in [0.25, 0.3) is 0 Å². The van der Waals surface area contributed by atoms with Crippen molar-refractivity contribution in [2.45, 2.75) is 17.5 Å². The molecule has 3 aromatic heterocycles. The number of methoxy groups -OCH3 is 1. The maximum Gasteiger partial charge on any atom is 0.387 e. The lowest BCUT2D eigenvalue weighted by Crippen LogP contribution is -2.01. The molecule has 5 rings (SSSR count). The quantitative estimate of drug-likeness (QED) is 0.408. The highest BCUT2D eigenvalue weighted by atomic mass is 32.2. The van der Waals surface area contributed by atoms with E-state index in [1.807, 2.05) is 24.3 Å². The molecule has 11 heteroatoms. The average Bonchev–Trinajstić information content (AvgIpc) is 3.38. The summed E-state index contributed by atoms with van der Waals surface area (Å²) < 4.78 is 36.2. The van der Waals surface area contributed by atoms with Gasteiger partial charge < -0.3 is 14.5 Å². The third kappa shape index (κ3) is 3.36. The van der Waals surface area contributed by atoms with Gasteiger partial charge in [0.1, 0.15) is 11.5 Å². The molecule has 0 saturated heterocycles. The van der Waals surface area contributed by atoms with Crippen LogP contribution in [0.15, 0.2) is 47.6 Å². The van der Waals surface area contributed by atoms with Crippen LogP contribution in [0.2, 0.25) is 0 Å². The number of ether oxygens (including phenoxy) is 2. The Morgan fingerprint density at radius 3 is 2.83 bits per heavy atom. The molecule has 1 N–H and O–H groups in total. The summed E-state index contributed by atoms with van der Waals surface area (Å²) in [7, 11) is 1.61. The van der Waals surface area contributed by atoms with E-state index in [0.29, 0.717) is 27.6 Å². The van der Waals surface area contributed by atoms with E-state index in [1.54, 1.807) is 17.7 Å². The van der Waals surface area contributed by atoms with E-state index in [4.69, 9.17) is 4.74 Å². The fourth-order valence-corrected chi connectivity index (χ4v) is 4.07. The van der Waals surface area contributed by atoms with Crippen molar-refractivity contribution in [1.82, 2.24) is 30.0 Å². The smallest absolute Gasteiger partial charge is 0.387 e. The first kappa shape index (κ1) is 18.6. The maximum absolute atomic E-state index is 12.4. The van der Waals surface area contributed by atoms with Gasteiger partial charge in [-0.2, -0.15) is 13.3 Å². The molecule has 0 atom stereocenters. The lowest BCUT2D eigenvalue weighted by Gasteiger charge is -2.07. The van der Waals surface area contributed by atoms with Crippen LogP contribution in [0.1, 0.15) is 5.56 Å². The molecule has 3 heterocycles. The van der Waals surface area contributed by atoms with Crippen molar-refractivity contribution in [3.8, 4) is 11.5 Å². The molecular weight excluding hydrogens is 414 g/mol. The summed E-state index contributed by atoms with van der Waals surface area (Å²) in [5.41, 5.74) is 3.71. The van der Waals surface area contributed by atoms with E-state index in [-0.39, 0.29) is 5.75 Å². The minimum Gasteiger partial charge on any atom is -0.497 e. The summed E-state index contributed by atoms with van der Waals surface area (Å²) in [5.74, 6) is 1.37. The number of rotatable bonds is 6. The molecule has 0 aliphatic heterocycles. The summed E-state index contributed by atoms with van der Waals surface area (Å²) in [6.45, 7) is -2.87. The molecule has 0 unspecified atom stereocenters.